The van der Waals surface area contributed by atoms with Crippen molar-refractivity contribution in [3.05, 3.63) is 28.2 Å². The largest absolute Gasteiger partial charge is 0.482 e. The molecule has 1 aromatic carbocycles. The molecule has 1 amide bonds. The van der Waals surface area contributed by atoms with Crippen LogP contribution in [0.4, 0.5) is 0 Å². The second-order valence-corrected chi connectivity index (χ2v) is 7.21. The maximum absolute atomic E-state index is 11.9. The van der Waals surface area contributed by atoms with Gasteiger partial charge in [-0.15, -0.1) is 0 Å². The molecule has 1 fully saturated rings. The number of hydrogen-bond acceptors (Lipinski definition) is 4. The number of nitrogens with one attached hydrogen (secondary N) is 1. The number of carbonyl (C=O) groups is 1. The van der Waals surface area contributed by atoms with E-state index in [-0.39, 0.29) is 18.1 Å². The summed E-state index contributed by atoms with van der Waals surface area (Å²) >= 11 is 13.7. The molecule has 1 saturated heterocycles. The molecule has 0 aromatic heterocycles. The van der Waals surface area contributed by atoms with Crippen molar-refractivity contribution in [3.63, 3.8) is 0 Å². The predicted octanol–water partition coefficient (Wildman–Crippen LogP) is 3.40. The molecule has 0 spiro atoms. The molecule has 0 radical (unpaired) electrons. The van der Waals surface area contributed by atoms with Crippen molar-refractivity contribution < 1.29 is 14.3 Å². The van der Waals surface area contributed by atoms with Crippen LogP contribution in [0.25, 0.3) is 0 Å². The van der Waals surface area contributed by atoms with Gasteiger partial charge in [-0.1, -0.05) is 23.2 Å². The molecule has 7 heteroatoms. The molecule has 0 bridgehead atoms. The molecular formula is C15H19Cl2NO3S. The molecule has 1 heterocycles. The van der Waals surface area contributed by atoms with Crippen molar-refractivity contribution >= 4 is 40.9 Å². The summed E-state index contributed by atoms with van der Waals surface area (Å²) in [7, 11) is 1.70. The first-order valence-corrected chi connectivity index (χ1v) is 8.93. The van der Waals surface area contributed by atoms with E-state index in [1.54, 1.807) is 25.3 Å². The highest BCUT2D eigenvalue weighted by molar-refractivity contribution is 7.99. The van der Waals surface area contributed by atoms with Crippen molar-refractivity contribution in [2.45, 2.75) is 18.4 Å². The zero-order valence-electron chi connectivity index (χ0n) is 12.4. The Hall–Kier alpha value is -0.620. The minimum Gasteiger partial charge on any atom is -0.482 e. The van der Waals surface area contributed by atoms with Gasteiger partial charge in [-0.2, -0.15) is 11.8 Å². The van der Waals surface area contributed by atoms with Crippen LogP contribution < -0.4 is 10.1 Å². The zero-order valence-corrected chi connectivity index (χ0v) is 14.7. The number of rotatable bonds is 6. The van der Waals surface area contributed by atoms with Crippen LogP contribution in [0.2, 0.25) is 10.0 Å². The van der Waals surface area contributed by atoms with Gasteiger partial charge in [0.15, 0.2) is 6.61 Å². The Morgan fingerprint density at radius 3 is 2.73 bits per heavy atom. The van der Waals surface area contributed by atoms with Gasteiger partial charge in [0, 0.05) is 18.7 Å². The molecular weight excluding hydrogens is 345 g/mol. The third-order valence-electron chi connectivity index (χ3n) is 3.70. The third-order valence-corrected chi connectivity index (χ3v) is 5.21. The van der Waals surface area contributed by atoms with Gasteiger partial charge in [-0.25, -0.2) is 0 Å². The van der Waals surface area contributed by atoms with Gasteiger partial charge in [-0.05, 0) is 42.5 Å². The summed E-state index contributed by atoms with van der Waals surface area (Å²) in [6.45, 7) is 0.413. The number of halogens is 2. The number of thioether (sulfide) groups is 1. The van der Waals surface area contributed by atoms with Crippen LogP contribution in [0, 0.1) is 0 Å². The summed E-state index contributed by atoms with van der Waals surface area (Å²) in [4.78, 5) is 11.9. The molecule has 1 aliphatic rings. The van der Waals surface area contributed by atoms with Crippen molar-refractivity contribution in [3.8, 4) is 5.75 Å². The lowest BCUT2D eigenvalue weighted by molar-refractivity contribution is -0.124. The van der Waals surface area contributed by atoms with Gasteiger partial charge >= 0.3 is 0 Å². The third kappa shape index (κ3) is 4.95. The van der Waals surface area contributed by atoms with Gasteiger partial charge in [0.1, 0.15) is 5.75 Å². The minimum atomic E-state index is -0.251. The van der Waals surface area contributed by atoms with E-state index in [2.05, 4.69) is 5.32 Å². The molecule has 122 valence electrons. The average molecular weight is 364 g/mol. The lowest BCUT2D eigenvalue weighted by Gasteiger charge is -2.35. The molecule has 1 aliphatic heterocycles. The summed E-state index contributed by atoms with van der Waals surface area (Å²) in [5.41, 5.74) is -0.251. The predicted molar refractivity (Wildman–Crippen MR) is 91.3 cm³/mol. The van der Waals surface area contributed by atoms with E-state index in [9.17, 15) is 4.79 Å². The number of carbonyl (C=O) groups excluding carboxylic acids is 1. The van der Waals surface area contributed by atoms with Crippen LogP contribution in [-0.4, -0.2) is 43.3 Å². The molecule has 22 heavy (non-hydrogen) atoms. The summed E-state index contributed by atoms with van der Waals surface area (Å²) in [6, 6.07) is 4.89. The monoisotopic (exact) mass is 363 g/mol. The van der Waals surface area contributed by atoms with Crippen LogP contribution in [0.1, 0.15) is 12.8 Å². The van der Waals surface area contributed by atoms with Gasteiger partial charge in [0.2, 0.25) is 0 Å². The van der Waals surface area contributed by atoms with Crippen molar-refractivity contribution in [2.24, 2.45) is 0 Å². The van der Waals surface area contributed by atoms with Crippen molar-refractivity contribution in [1.29, 1.82) is 0 Å². The Morgan fingerprint density at radius 2 is 2.09 bits per heavy atom. The van der Waals surface area contributed by atoms with E-state index in [0.29, 0.717) is 22.3 Å². The van der Waals surface area contributed by atoms with E-state index < -0.39 is 0 Å². The van der Waals surface area contributed by atoms with Crippen LogP contribution in [-0.2, 0) is 9.53 Å². The fourth-order valence-corrected chi connectivity index (χ4v) is 3.94. The maximum atomic E-state index is 11.9. The molecule has 1 aromatic rings. The van der Waals surface area contributed by atoms with Gasteiger partial charge < -0.3 is 14.8 Å². The van der Waals surface area contributed by atoms with Crippen LogP contribution in [0.5, 0.6) is 5.75 Å². The fourth-order valence-electron chi connectivity index (χ4n) is 2.24. The second kappa shape index (κ2) is 8.29. The smallest absolute Gasteiger partial charge is 0.258 e. The van der Waals surface area contributed by atoms with Gasteiger partial charge in [0.05, 0.1) is 10.6 Å². The van der Waals surface area contributed by atoms with E-state index in [0.717, 1.165) is 24.3 Å². The van der Waals surface area contributed by atoms with Gasteiger partial charge in [0.25, 0.3) is 5.91 Å². The van der Waals surface area contributed by atoms with E-state index in [4.69, 9.17) is 32.7 Å². The molecule has 0 aliphatic carbocycles. The summed E-state index contributed by atoms with van der Waals surface area (Å²) < 4.78 is 11.0. The maximum Gasteiger partial charge on any atom is 0.258 e. The van der Waals surface area contributed by atoms with Crippen LogP contribution in [0.3, 0.4) is 0 Å². The Kier molecular flexibility index (Phi) is 6.68. The quantitative estimate of drug-likeness (QED) is 0.841. The molecule has 0 unspecified atom stereocenters. The molecule has 4 nitrogen and oxygen atoms in total. The zero-order chi connectivity index (χ0) is 16.0. The highest BCUT2D eigenvalue weighted by Gasteiger charge is 2.32. The Balaban J connectivity index is 1.80. The Labute approximate surface area is 144 Å². The summed E-state index contributed by atoms with van der Waals surface area (Å²) in [5.74, 6) is 2.36. The van der Waals surface area contributed by atoms with E-state index in [1.807, 2.05) is 11.8 Å². The standard InChI is InChI=1S/C15H19Cl2NO3S/c1-20-15(4-6-22-7-5-15)10-18-14(19)9-21-13-3-2-11(16)8-12(13)17/h2-3,8H,4-7,9-10H2,1H3,(H,18,19). The Bertz CT molecular complexity index is 522. The fraction of sp³-hybridized carbons (Fsp3) is 0.533. The first kappa shape index (κ1) is 17.7. The summed E-state index contributed by atoms with van der Waals surface area (Å²) in [5, 5.41) is 3.79. The SMILES string of the molecule is COC1(CNC(=O)COc2ccc(Cl)cc2Cl)CCSCC1. The van der Waals surface area contributed by atoms with Crippen molar-refractivity contribution in [1.82, 2.24) is 5.32 Å². The summed E-state index contributed by atoms with van der Waals surface area (Å²) in [6.07, 6.45) is 1.89. The average Bonchev–Trinajstić information content (AvgIpc) is 2.53. The van der Waals surface area contributed by atoms with Crippen molar-refractivity contribution in [2.75, 3.05) is 31.8 Å². The Morgan fingerprint density at radius 1 is 1.36 bits per heavy atom. The first-order chi connectivity index (χ1) is 10.5. The number of methoxy groups -OCH3 is 1. The molecule has 1 N–H and O–H groups in total. The van der Waals surface area contributed by atoms with Crippen LogP contribution >= 0.6 is 35.0 Å². The number of hydrogen-bond donors (Lipinski definition) is 1. The number of amides is 1. The molecule has 0 saturated carbocycles. The van der Waals surface area contributed by atoms with Gasteiger partial charge in [-0.3, -0.25) is 4.79 Å². The topological polar surface area (TPSA) is 47.6 Å². The second-order valence-electron chi connectivity index (χ2n) is 5.14. The lowest BCUT2D eigenvalue weighted by atomic mass is 9.96. The van der Waals surface area contributed by atoms with Crippen LogP contribution in [0.15, 0.2) is 18.2 Å². The number of benzene rings is 1. The highest BCUT2D eigenvalue weighted by atomic mass is 35.5. The van der Waals surface area contributed by atoms with E-state index >= 15 is 0 Å². The number of ether oxygens (including phenoxy) is 2. The lowest BCUT2D eigenvalue weighted by Crippen LogP contribution is -2.47. The molecule has 2 rings (SSSR count). The minimum absolute atomic E-state index is 0.0874. The van der Waals surface area contributed by atoms with E-state index in [1.165, 1.54) is 0 Å². The molecule has 0 atom stereocenters. The first-order valence-electron chi connectivity index (χ1n) is 7.02. The normalized spacial score (nSPS) is 17.0. The highest BCUT2D eigenvalue weighted by Crippen LogP contribution is 2.29.